The molecule has 0 radical (unpaired) electrons. The van der Waals surface area contributed by atoms with Crippen molar-refractivity contribution in [3.63, 3.8) is 0 Å². The van der Waals surface area contributed by atoms with Crippen molar-refractivity contribution < 1.29 is 9.52 Å². The van der Waals surface area contributed by atoms with Gasteiger partial charge in [-0.25, -0.2) is 0 Å². The molecule has 1 atom stereocenters. The van der Waals surface area contributed by atoms with Gasteiger partial charge in [0.25, 0.3) is 0 Å². The van der Waals surface area contributed by atoms with E-state index >= 15 is 0 Å². The van der Waals surface area contributed by atoms with Crippen molar-refractivity contribution in [1.29, 1.82) is 0 Å². The zero-order valence-electron chi connectivity index (χ0n) is 5.05. The minimum atomic E-state index is -0.717. The van der Waals surface area contributed by atoms with E-state index in [0.29, 0.717) is 5.76 Å². The SMILES string of the molecule is OC(CCl)c1occc1Br. The summed E-state index contributed by atoms with van der Waals surface area (Å²) in [5, 5.41) is 9.14. The molecule has 0 aliphatic carbocycles. The number of hydrogen-bond acceptors (Lipinski definition) is 2. The molecule has 1 aromatic heterocycles. The normalized spacial score (nSPS) is 13.5. The van der Waals surface area contributed by atoms with Crippen molar-refractivity contribution >= 4 is 27.5 Å². The van der Waals surface area contributed by atoms with E-state index in [4.69, 9.17) is 21.1 Å². The quantitative estimate of drug-likeness (QED) is 0.784. The lowest BCUT2D eigenvalue weighted by Crippen LogP contribution is -1.96. The molecule has 0 aliphatic heterocycles. The molecular formula is C6H6BrClO2. The Balaban J connectivity index is 2.82. The molecule has 0 aliphatic rings. The number of aliphatic hydroxyl groups is 1. The van der Waals surface area contributed by atoms with E-state index in [1.54, 1.807) is 6.07 Å². The van der Waals surface area contributed by atoms with Crippen LogP contribution in [0.1, 0.15) is 11.9 Å². The minimum Gasteiger partial charge on any atom is -0.465 e. The number of rotatable bonds is 2. The van der Waals surface area contributed by atoms with Gasteiger partial charge in [-0.2, -0.15) is 0 Å². The van der Waals surface area contributed by atoms with Gasteiger partial charge in [-0.05, 0) is 22.0 Å². The molecule has 2 nitrogen and oxygen atoms in total. The third-order valence-corrected chi connectivity index (χ3v) is 2.04. The minimum absolute atomic E-state index is 0.145. The molecule has 0 fully saturated rings. The molecule has 0 saturated heterocycles. The summed E-state index contributed by atoms with van der Waals surface area (Å²) in [4.78, 5) is 0. The highest BCUT2D eigenvalue weighted by atomic mass is 79.9. The van der Waals surface area contributed by atoms with Crippen LogP contribution < -0.4 is 0 Å². The molecule has 0 aromatic carbocycles. The predicted molar refractivity (Wildman–Crippen MR) is 42.1 cm³/mol. The van der Waals surface area contributed by atoms with Crippen molar-refractivity contribution in [2.24, 2.45) is 0 Å². The van der Waals surface area contributed by atoms with Gasteiger partial charge >= 0.3 is 0 Å². The molecule has 4 heteroatoms. The third kappa shape index (κ3) is 1.54. The summed E-state index contributed by atoms with van der Waals surface area (Å²) in [6.45, 7) is 0. The molecule has 1 heterocycles. The Morgan fingerprint density at radius 1 is 1.80 bits per heavy atom. The smallest absolute Gasteiger partial charge is 0.147 e. The molecule has 1 unspecified atom stereocenters. The van der Waals surface area contributed by atoms with Crippen LogP contribution in [-0.2, 0) is 0 Å². The van der Waals surface area contributed by atoms with Crippen LogP contribution >= 0.6 is 27.5 Å². The molecular weight excluding hydrogens is 219 g/mol. The lowest BCUT2D eigenvalue weighted by atomic mass is 10.3. The van der Waals surface area contributed by atoms with Gasteiger partial charge in [0.1, 0.15) is 11.9 Å². The van der Waals surface area contributed by atoms with E-state index in [1.807, 2.05) is 0 Å². The van der Waals surface area contributed by atoms with Gasteiger partial charge in [0, 0.05) is 0 Å². The van der Waals surface area contributed by atoms with E-state index in [0.717, 1.165) is 4.47 Å². The summed E-state index contributed by atoms with van der Waals surface area (Å²) in [7, 11) is 0. The van der Waals surface area contributed by atoms with Gasteiger partial charge in [-0.15, -0.1) is 11.6 Å². The third-order valence-electron chi connectivity index (χ3n) is 1.09. The van der Waals surface area contributed by atoms with Gasteiger partial charge in [-0.1, -0.05) is 0 Å². The van der Waals surface area contributed by atoms with E-state index in [1.165, 1.54) is 6.26 Å². The first-order chi connectivity index (χ1) is 4.75. The Kier molecular flexibility index (Phi) is 2.77. The van der Waals surface area contributed by atoms with Crippen molar-refractivity contribution in [2.45, 2.75) is 6.10 Å². The zero-order valence-corrected chi connectivity index (χ0v) is 7.39. The molecule has 10 heavy (non-hydrogen) atoms. The van der Waals surface area contributed by atoms with Gasteiger partial charge in [0.2, 0.25) is 0 Å². The average molecular weight is 225 g/mol. The van der Waals surface area contributed by atoms with Crippen LogP contribution in [0, 0.1) is 0 Å². The van der Waals surface area contributed by atoms with E-state index in [-0.39, 0.29) is 5.88 Å². The monoisotopic (exact) mass is 224 g/mol. The topological polar surface area (TPSA) is 33.4 Å². The van der Waals surface area contributed by atoms with Crippen LogP contribution in [0.3, 0.4) is 0 Å². The van der Waals surface area contributed by atoms with Crippen LogP contribution in [0.15, 0.2) is 21.2 Å². The summed E-state index contributed by atoms with van der Waals surface area (Å²) >= 11 is 8.58. The number of alkyl halides is 1. The van der Waals surface area contributed by atoms with Crippen molar-refractivity contribution in [1.82, 2.24) is 0 Å². The standard InChI is InChI=1S/C6H6BrClO2/c7-4-1-2-10-6(4)5(9)3-8/h1-2,5,9H,3H2. The summed E-state index contributed by atoms with van der Waals surface area (Å²) in [6, 6.07) is 1.71. The molecule has 1 aromatic rings. The number of aliphatic hydroxyl groups excluding tert-OH is 1. The Labute approximate surface area is 71.9 Å². The van der Waals surface area contributed by atoms with Crippen LogP contribution in [0.5, 0.6) is 0 Å². The zero-order chi connectivity index (χ0) is 7.56. The van der Waals surface area contributed by atoms with Crippen molar-refractivity contribution in [3.05, 3.63) is 22.6 Å². The predicted octanol–water partition coefficient (Wildman–Crippen LogP) is 2.31. The maximum atomic E-state index is 9.14. The van der Waals surface area contributed by atoms with E-state index < -0.39 is 6.10 Å². The largest absolute Gasteiger partial charge is 0.465 e. The first-order valence-electron chi connectivity index (χ1n) is 2.72. The Hall–Kier alpha value is 0.01000. The Morgan fingerprint density at radius 2 is 2.50 bits per heavy atom. The number of furan rings is 1. The molecule has 56 valence electrons. The van der Waals surface area contributed by atoms with Crippen molar-refractivity contribution in [3.8, 4) is 0 Å². The lowest BCUT2D eigenvalue weighted by molar-refractivity contribution is 0.171. The second-order valence-electron chi connectivity index (χ2n) is 1.80. The maximum absolute atomic E-state index is 9.14. The molecule has 0 saturated carbocycles. The first kappa shape index (κ1) is 8.11. The summed E-state index contributed by atoms with van der Waals surface area (Å²) in [5.41, 5.74) is 0. The van der Waals surface area contributed by atoms with Gasteiger partial charge in [-0.3, -0.25) is 0 Å². The molecule has 1 rings (SSSR count). The second kappa shape index (κ2) is 3.42. The molecule has 1 N–H and O–H groups in total. The highest BCUT2D eigenvalue weighted by molar-refractivity contribution is 9.10. The fourth-order valence-electron chi connectivity index (χ4n) is 0.613. The molecule has 0 amide bonds. The fourth-order valence-corrected chi connectivity index (χ4v) is 1.22. The lowest BCUT2D eigenvalue weighted by Gasteiger charge is -2.01. The Bertz CT molecular complexity index is 211. The van der Waals surface area contributed by atoms with Gasteiger partial charge in [0.05, 0.1) is 16.6 Å². The molecule has 0 bridgehead atoms. The second-order valence-corrected chi connectivity index (χ2v) is 2.97. The molecule has 0 spiro atoms. The Morgan fingerprint density at radius 3 is 2.90 bits per heavy atom. The van der Waals surface area contributed by atoms with Gasteiger partial charge in [0.15, 0.2) is 0 Å². The maximum Gasteiger partial charge on any atom is 0.147 e. The summed E-state index contributed by atoms with van der Waals surface area (Å²) in [5.74, 6) is 0.626. The average Bonchev–Trinajstić information content (AvgIpc) is 2.34. The van der Waals surface area contributed by atoms with Crippen LogP contribution in [0.25, 0.3) is 0 Å². The number of halogens is 2. The highest BCUT2D eigenvalue weighted by Crippen LogP contribution is 2.24. The fraction of sp³-hybridized carbons (Fsp3) is 0.333. The van der Waals surface area contributed by atoms with Crippen LogP contribution in [-0.4, -0.2) is 11.0 Å². The highest BCUT2D eigenvalue weighted by Gasteiger charge is 2.12. The summed E-state index contributed by atoms with van der Waals surface area (Å²) < 4.78 is 5.69. The van der Waals surface area contributed by atoms with E-state index in [2.05, 4.69) is 15.9 Å². The first-order valence-corrected chi connectivity index (χ1v) is 4.05. The van der Waals surface area contributed by atoms with Crippen LogP contribution in [0.2, 0.25) is 0 Å². The van der Waals surface area contributed by atoms with E-state index in [9.17, 15) is 0 Å². The van der Waals surface area contributed by atoms with Crippen molar-refractivity contribution in [2.75, 3.05) is 5.88 Å². The summed E-state index contributed by atoms with van der Waals surface area (Å²) in [6.07, 6.45) is 0.779. The number of hydrogen-bond donors (Lipinski definition) is 1. The van der Waals surface area contributed by atoms with Gasteiger partial charge < -0.3 is 9.52 Å². The van der Waals surface area contributed by atoms with Crippen LogP contribution in [0.4, 0.5) is 0 Å².